The molecule has 0 atom stereocenters. The second kappa shape index (κ2) is 11.1. The summed E-state index contributed by atoms with van der Waals surface area (Å²) in [7, 11) is 0. The van der Waals surface area contributed by atoms with Gasteiger partial charge in [-0.2, -0.15) is 0 Å². The molecule has 0 fully saturated rings. The fourth-order valence-electron chi connectivity index (χ4n) is 1.87. The van der Waals surface area contributed by atoms with Crippen molar-refractivity contribution in [1.82, 2.24) is 10.2 Å². The molecule has 126 valence electrons. The highest BCUT2D eigenvalue weighted by atomic mass is 16.2. The Labute approximate surface area is 132 Å². The number of rotatable bonds is 12. The molecule has 22 heavy (non-hydrogen) atoms. The Kier molecular flexibility index (Phi) is 10.3. The Balaban J connectivity index is 4.38. The van der Waals surface area contributed by atoms with Gasteiger partial charge in [0.15, 0.2) is 0 Å². The first-order chi connectivity index (χ1) is 10.3. The van der Waals surface area contributed by atoms with Crippen molar-refractivity contribution in [1.29, 1.82) is 0 Å². The molecule has 0 bridgehead atoms. The molecule has 0 unspecified atom stereocenters. The highest BCUT2D eigenvalue weighted by Crippen LogP contribution is 1.99. The predicted molar refractivity (Wildman–Crippen MR) is 84.6 cm³/mol. The molecular formula is C16H28N2O4. The summed E-state index contributed by atoms with van der Waals surface area (Å²) in [6.45, 7) is 7.45. The van der Waals surface area contributed by atoms with E-state index in [1.165, 1.54) is 0 Å². The van der Waals surface area contributed by atoms with Crippen LogP contribution in [0.1, 0.15) is 53.4 Å². The molecule has 0 aromatic carbocycles. The molecule has 0 aliphatic heterocycles. The van der Waals surface area contributed by atoms with Gasteiger partial charge in [0.25, 0.3) is 0 Å². The SMILES string of the molecule is CCC(=O)CN(CC(=O)CC)CC(=O)CCC(=O)NC(C)C. The van der Waals surface area contributed by atoms with Gasteiger partial charge in [-0.05, 0) is 13.8 Å². The van der Waals surface area contributed by atoms with Crippen molar-refractivity contribution in [3.63, 3.8) is 0 Å². The quantitative estimate of drug-likeness (QED) is 0.584. The summed E-state index contributed by atoms with van der Waals surface area (Å²) in [6, 6.07) is 0.0449. The molecule has 0 heterocycles. The Hall–Kier alpha value is -1.56. The number of nitrogens with zero attached hydrogens (tertiary/aromatic N) is 1. The molecule has 0 aliphatic rings. The number of carbonyl (C=O) groups is 4. The molecule has 0 saturated carbocycles. The third-order valence-corrected chi connectivity index (χ3v) is 3.07. The van der Waals surface area contributed by atoms with Crippen molar-refractivity contribution in [2.75, 3.05) is 19.6 Å². The van der Waals surface area contributed by atoms with E-state index >= 15 is 0 Å². The summed E-state index contributed by atoms with van der Waals surface area (Å²) in [5.41, 5.74) is 0. The van der Waals surface area contributed by atoms with Crippen LogP contribution in [0.25, 0.3) is 0 Å². The average Bonchev–Trinajstić information content (AvgIpc) is 2.43. The third-order valence-electron chi connectivity index (χ3n) is 3.07. The number of Topliss-reactive ketones (excluding diaryl/α,β-unsaturated/α-hetero) is 3. The van der Waals surface area contributed by atoms with Crippen molar-refractivity contribution in [3.05, 3.63) is 0 Å². The summed E-state index contributed by atoms with van der Waals surface area (Å²) < 4.78 is 0. The van der Waals surface area contributed by atoms with E-state index in [4.69, 9.17) is 0 Å². The third kappa shape index (κ3) is 10.2. The Morgan fingerprint density at radius 3 is 1.68 bits per heavy atom. The minimum absolute atomic E-state index is 0.00532. The largest absolute Gasteiger partial charge is 0.354 e. The Bertz CT molecular complexity index is 387. The zero-order valence-corrected chi connectivity index (χ0v) is 14.1. The fraction of sp³-hybridized carbons (Fsp3) is 0.750. The van der Waals surface area contributed by atoms with Crippen LogP contribution in [0, 0.1) is 0 Å². The van der Waals surface area contributed by atoms with E-state index in [0.717, 1.165) is 0 Å². The Morgan fingerprint density at radius 2 is 1.27 bits per heavy atom. The van der Waals surface area contributed by atoms with E-state index in [-0.39, 0.29) is 61.8 Å². The van der Waals surface area contributed by atoms with Gasteiger partial charge in [-0.15, -0.1) is 0 Å². The molecule has 0 aromatic heterocycles. The van der Waals surface area contributed by atoms with Gasteiger partial charge in [-0.3, -0.25) is 24.1 Å². The number of hydrogen-bond acceptors (Lipinski definition) is 5. The van der Waals surface area contributed by atoms with E-state index in [0.29, 0.717) is 12.8 Å². The molecule has 6 heteroatoms. The molecule has 0 aromatic rings. The molecular weight excluding hydrogens is 284 g/mol. The van der Waals surface area contributed by atoms with E-state index < -0.39 is 0 Å². The molecule has 0 aliphatic carbocycles. The van der Waals surface area contributed by atoms with Gasteiger partial charge in [0.2, 0.25) is 5.91 Å². The molecule has 0 spiro atoms. The maximum Gasteiger partial charge on any atom is 0.220 e. The lowest BCUT2D eigenvalue weighted by atomic mass is 10.1. The van der Waals surface area contributed by atoms with Crippen molar-refractivity contribution in [2.45, 2.75) is 59.4 Å². The monoisotopic (exact) mass is 312 g/mol. The van der Waals surface area contributed by atoms with Gasteiger partial charge in [0.05, 0.1) is 19.6 Å². The lowest BCUT2D eigenvalue weighted by Gasteiger charge is -2.19. The van der Waals surface area contributed by atoms with E-state index in [2.05, 4.69) is 5.32 Å². The number of nitrogens with one attached hydrogen (secondary N) is 1. The van der Waals surface area contributed by atoms with Gasteiger partial charge in [0.1, 0.15) is 17.3 Å². The lowest BCUT2D eigenvalue weighted by molar-refractivity contribution is -0.128. The minimum atomic E-state index is -0.163. The zero-order chi connectivity index (χ0) is 17.1. The molecule has 0 saturated heterocycles. The van der Waals surface area contributed by atoms with Crippen LogP contribution in [0.2, 0.25) is 0 Å². The van der Waals surface area contributed by atoms with Gasteiger partial charge >= 0.3 is 0 Å². The molecule has 1 N–H and O–H groups in total. The van der Waals surface area contributed by atoms with Crippen LogP contribution in [-0.4, -0.2) is 53.8 Å². The minimum Gasteiger partial charge on any atom is -0.354 e. The Morgan fingerprint density at radius 1 is 0.818 bits per heavy atom. The van der Waals surface area contributed by atoms with Gasteiger partial charge in [-0.1, -0.05) is 13.8 Å². The maximum atomic E-state index is 11.9. The first-order valence-electron chi connectivity index (χ1n) is 7.85. The number of carbonyl (C=O) groups excluding carboxylic acids is 4. The number of hydrogen-bond donors (Lipinski definition) is 1. The van der Waals surface area contributed by atoms with E-state index in [9.17, 15) is 19.2 Å². The molecule has 0 rings (SSSR count). The summed E-state index contributed by atoms with van der Waals surface area (Å²) in [5, 5.41) is 2.72. The topological polar surface area (TPSA) is 83.6 Å². The van der Waals surface area contributed by atoms with Crippen LogP contribution >= 0.6 is 0 Å². The summed E-state index contributed by atoms with van der Waals surface area (Å²) in [6.07, 6.45) is 1.01. The van der Waals surface area contributed by atoms with Gasteiger partial charge in [-0.25, -0.2) is 0 Å². The summed E-state index contributed by atoms with van der Waals surface area (Å²) in [5.74, 6) is -0.306. The van der Waals surface area contributed by atoms with Crippen molar-refractivity contribution in [3.8, 4) is 0 Å². The van der Waals surface area contributed by atoms with Crippen LogP contribution in [0.3, 0.4) is 0 Å². The standard InChI is InChI=1S/C16H28N2O4/c1-5-13(19)9-18(10-14(20)6-2)11-15(21)7-8-16(22)17-12(3)4/h12H,5-11H2,1-4H3,(H,17,22). The van der Waals surface area contributed by atoms with Crippen molar-refractivity contribution in [2.24, 2.45) is 0 Å². The van der Waals surface area contributed by atoms with Crippen LogP contribution in [-0.2, 0) is 19.2 Å². The smallest absolute Gasteiger partial charge is 0.220 e. The average molecular weight is 312 g/mol. The van der Waals surface area contributed by atoms with Crippen molar-refractivity contribution < 1.29 is 19.2 Å². The zero-order valence-electron chi connectivity index (χ0n) is 14.1. The lowest BCUT2D eigenvalue weighted by Crippen LogP contribution is -2.38. The van der Waals surface area contributed by atoms with Gasteiger partial charge in [0, 0.05) is 31.7 Å². The number of amides is 1. The van der Waals surface area contributed by atoms with E-state index in [1.54, 1.807) is 18.7 Å². The summed E-state index contributed by atoms with van der Waals surface area (Å²) >= 11 is 0. The fourth-order valence-corrected chi connectivity index (χ4v) is 1.87. The van der Waals surface area contributed by atoms with Crippen LogP contribution < -0.4 is 5.32 Å². The predicted octanol–water partition coefficient (Wildman–Crippen LogP) is 1.12. The highest BCUT2D eigenvalue weighted by Gasteiger charge is 2.17. The molecule has 0 radical (unpaired) electrons. The normalized spacial score (nSPS) is 10.8. The van der Waals surface area contributed by atoms with Crippen molar-refractivity contribution >= 4 is 23.3 Å². The van der Waals surface area contributed by atoms with E-state index in [1.807, 2.05) is 13.8 Å². The second-order valence-corrected chi connectivity index (χ2v) is 5.69. The molecule has 6 nitrogen and oxygen atoms in total. The molecule has 1 amide bonds. The summed E-state index contributed by atoms with van der Waals surface area (Å²) in [4.78, 5) is 48.1. The van der Waals surface area contributed by atoms with Crippen LogP contribution in [0.15, 0.2) is 0 Å². The first kappa shape index (κ1) is 20.4. The van der Waals surface area contributed by atoms with Crippen LogP contribution in [0.5, 0.6) is 0 Å². The highest BCUT2D eigenvalue weighted by molar-refractivity contribution is 5.88. The van der Waals surface area contributed by atoms with Gasteiger partial charge < -0.3 is 5.32 Å². The second-order valence-electron chi connectivity index (χ2n) is 5.69. The number of ketones is 3. The maximum absolute atomic E-state index is 11.9. The first-order valence-corrected chi connectivity index (χ1v) is 7.85. The van der Waals surface area contributed by atoms with Crippen LogP contribution in [0.4, 0.5) is 0 Å².